The Morgan fingerprint density at radius 3 is 2.25 bits per heavy atom. The molecule has 2 atom stereocenters. The summed E-state index contributed by atoms with van der Waals surface area (Å²) in [4.78, 5) is 13.5. The van der Waals surface area contributed by atoms with Crippen molar-refractivity contribution >= 4 is 30.7 Å². The van der Waals surface area contributed by atoms with Gasteiger partial charge in [-0.15, -0.1) is 24.8 Å². The predicted octanol–water partition coefficient (Wildman–Crippen LogP) is 1.89. The minimum atomic E-state index is -0.635. The molecule has 24 heavy (non-hydrogen) atoms. The zero-order valence-electron chi connectivity index (χ0n) is 13.9. The largest absolute Gasteiger partial charge is 0.380 e. The second kappa shape index (κ2) is 12.4. The summed E-state index contributed by atoms with van der Waals surface area (Å²) in [6.45, 7) is 0.313. The van der Waals surface area contributed by atoms with E-state index in [-0.39, 0.29) is 61.9 Å². The SMILES string of the molecule is COC(CN)CC(=O)NCC(c1c(F)cccc1F)N(C)C.Cl.Cl. The van der Waals surface area contributed by atoms with E-state index < -0.39 is 17.7 Å². The molecular weight excluding hydrogens is 363 g/mol. The van der Waals surface area contributed by atoms with E-state index >= 15 is 0 Å². The number of carbonyl (C=O) groups excluding carboxylic acids is 1. The van der Waals surface area contributed by atoms with Gasteiger partial charge in [-0.05, 0) is 26.2 Å². The summed E-state index contributed by atoms with van der Waals surface area (Å²) in [5.41, 5.74) is 5.39. The number of likely N-dealkylation sites (N-methyl/N-ethyl adjacent to an activating group) is 1. The summed E-state index contributed by atoms with van der Waals surface area (Å²) in [6, 6.07) is 3.10. The number of benzene rings is 1. The first-order valence-corrected chi connectivity index (χ1v) is 7.00. The molecule has 1 aromatic carbocycles. The number of hydrogen-bond donors (Lipinski definition) is 2. The van der Waals surface area contributed by atoms with Gasteiger partial charge in [0.1, 0.15) is 11.6 Å². The van der Waals surface area contributed by atoms with Gasteiger partial charge >= 0.3 is 0 Å². The Morgan fingerprint density at radius 2 is 1.83 bits per heavy atom. The number of nitrogens with two attached hydrogens (primary N) is 1. The first-order valence-electron chi connectivity index (χ1n) is 7.00. The molecule has 0 fully saturated rings. The van der Waals surface area contributed by atoms with Crippen LogP contribution in [0.3, 0.4) is 0 Å². The van der Waals surface area contributed by atoms with Gasteiger partial charge in [0, 0.05) is 25.8 Å². The maximum absolute atomic E-state index is 13.9. The van der Waals surface area contributed by atoms with Gasteiger partial charge in [-0.1, -0.05) is 6.07 Å². The lowest BCUT2D eigenvalue weighted by atomic mass is 10.0. The van der Waals surface area contributed by atoms with Crippen molar-refractivity contribution in [3.63, 3.8) is 0 Å². The van der Waals surface area contributed by atoms with Crippen LogP contribution in [0.15, 0.2) is 18.2 Å². The van der Waals surface area contributed by atoms with Gasteiger partial charge in [0.25, 0.3) is 0 Å². The maximum atomic E-state index is 13.9. The molecule has 3 N–H and O–H groups in total. The molecule has 0 heterocycles. The molecule has 0 bridgehead atoms. The lowest BCUT2D eigenvalue weighted by Gasteiger charge is -2.26. The van der Waals surface area contributed by atoms with E-state index in [2.05, 4.69) is 5.32 Å². The maximum Gasteiger partial charge on any atom is 0.222 e. The predicted molar refractivity (Wildman–Crippen MR) is 94.8 cm³/mol. The Morgan fingerprint density at radius 1 is 1.29 bits per heavy atom. The lowest BCUT2D eigenvalue weighted by Crippen LogP contribution is -2.38. The number of halogens is 4. The molecule has 0 saturated carbocycles. The summed E-state index contributed by atoms with van der Waals surface area (Å²) >= 11 is 0. The fourth-order valence-electron chi connectivity index (χ4n) is 2.12. The van der Waals surface area contributed by atoms with Gasteiger partial charge in [0.15, 0.2) is 0 Å². The van der Waals surface area contributed by atoms with Gasteiger partial charge in [0.2, 0.25) is 5.91 Å². The van der Waals surface area contributed by atoms with Crippen LogP contribution < -0.4 is 11.1 Å². The molecule has 0 aromatic heterocycles. The first-order chi connectivity index (χ1) is 10.4. The van der Waals surface area contributed by atoms with Gasteiger partial charge in [-0.2, -0.15) is 0 Å². The number of nitrogens with one attached hydrogen (secondary N) is 1. The molecule has 140 valence electrons. The third-order valence-corrected chi connectivity index (χ3v) is 3.46. The van der Waals surface area contributed by atoms with Crippen LogP contribution in [0.5, 0.6) is 0 Å². The van der Waals surface area contributed by atoms with E-state index in [1.54, 1.807) is 19.0 Å². The van der Waals surface area contributed by atoms with Crippen molar-refractivity contribution in [1.82, 2.24) is 10.2 Å². The fraction of sp³-hybridized carbons (Fsp3) is 0.533. The second-order valence-corrected chi connectivity index (χ2v) is 5.22. The van der Waals surface area contributed by atoms with Crippen molar-refractivity contribution in [3.8, 4) is 0 Å². The highest BCUT2D eigenvalue weighted by Crippen LogP contribution is 2.23. The number of ether oxygens (including phenoxy) is 1. The van der Waals surface area contributed by atoms with E-state index in [1.165, 1.54) is 25.3 Å². The Hall–Kier alpha value is -0.990. The average Bonchev–Trinajstić information content (AvgIpc) is 2.47. The summed E-state index contributed by atoms with van der Waals surface area (Å²) in [5.74, 6) is -1.55. The summed E-state index contributed by atoms with van der Waals surface area (Å²) in [7, 11) is 4.86. The lowest BCUT2D eigenvalue weighted by molar-refractivity contribution is -0.123. The minimum absolute atomic E-state index is 0. The third-order valence-electron chi connectivity index (χ3n) is 3.46. The summed E-state index contributed by atoms with van der Waals surface area (Å²) in [5, 5.41) is 2.67. The Bertz CT molecular complexity index is 483. The number of rotatable bonds is 8. The van der Waals surface area contributed by atoms with Crippen molar-refractivity contribution in [2.45, 2.75) is 18.6 Å². The van der Waals surface area contributed by atoms with E-state index in [9.17, 15) is 13.6 Å². The van der Waals surface area contributed by atoms with Gasteiger partial charge < -0.3 is 20.7 Å². The zero-order valence-corrected chi connectivity index (χ0v) is 15.6. The van der Waals surface area contributed by atoms with E-state index in [0.717, 1.165) is 0 Å². The topological polar surface area (TPSA) is 67.6 Å². The molecule has 1 rings (SSSR count). The number of carbonyl (C=O) groups is 1. The molecule has 0 radical (unpaired) electrons. The van der Waals surface area contributed by atoms with Crippen LogP contribution in [0.2, 0.25) is 0 Å². The monoisotopic (exact) mass is 387 g/mol. The number of amides is 1. The Balaban J connectivity index is 0. The van der Waals surface area contributed by atoms with Crippen LogP contribution in [0, 0.1) is 11.6 Å². The molecule has 0 spiro atoms. The van der Waals surface area contributed by atoms with Crippen LogP contribution in [0.4, 0.5) is 8.78 Å². The number of hydrogen-bond acceptors (Lipinski definition) is 4. The van der Waals surface area contributed by atoms with Crippen LogP contribution >= 0.6 is 24.8 Å². The average molecular weight is 388 g/mol. The summed E-state index contributed by atoms with van der Waals surface area (Å²) in [6.07, 6.45) is -0.268. The number of methoxy groups -OCH3 is 1. The first kappa shape index (κ1) is 25.3. The van der Waals surface area contributed by atoms with Gasteiger partial charge in [-0.3, -0.25) is 4.79 Å². The molecule has 0 aliphatic heterocycles. The normalized spacial score (nSPS) is 12.8. The van der Waals surface area contributed by atoms with Crippen molar-refractivity contribution < 1.29 is 18.3 Å². The quantitative estimate of drug-likeness (QED) is 0.714. The fourth-order valence-corrected chi connectivity index (χ4v) is 2.12. The standard InChI is InChI=1S/C15H23F2N3O2.2ClH/c1-20(2)13(15-11(16)5-4-6-12(15)17)9-19-14(21)7-10(8-18)22-3;;/h4-6,10,13H,7-9,18H2,1-3H3,(H,19,21);2*1H. The van der Waals surface area contributed by atoms with E-state index in [4.69, 9.17) is 10.5 Å². The van der Waals surface area contributed by atoms with E-state index in [0.29, 0.717) is 0 Å². The molecule has 2 unspecified atom stereocenters. The van der Waals surface area contributed by atoms with Crippen LogP contribution in [0.25, 0.3) is 0 Å². The molecule has 5 nitrogen and oxygen atoms in total. The molecule has 9 heteroatoms. The van der Waals surface area contributed by atoms with Crippen LogP contribution in [0.1, 0.15) is 18.0 Å². The van der Waals surface area contributed by atoms with Crippen LogP contribution in [-0.4, -0.2) is 51.2 Å². The third kappa shape index (κ3) is 7.27. The van der Waals surface area contributed by atoms with Crippen molar-refractivity contribution in [1.29, 1.82) is 0 Å². The molecule has 1 aromatic rings. The molecule has 1 amide bonds. The highest BCUT2D eigenvalue weighted by Gasteiger charge is 2.23. The molecule has 0 aliphatic rings. The second-order valence-electron chi connectivity index (χ2n) is 5.22. The highest BCUT2D eigenvalue weighted by molar-refractivity contribution is 5.85. The van der Waals surface area contributed by atoms with Crippen molar-refractivity contribution in [3.05, 3.63) is 35.4 Å². The van der Waals surface area contributed by atoms with Crippen molar-refractivity contribution in [2.75, 3.05) is 34.3 Å². The van der Waals surface area contributed by atoms with Gasteiger partial charge in [-0.25, -0.2) is 8.78 Å². The number of nitrogens with zero attached hydrogens (tertiary/aromatic N) is 1. The Labute approximate surface area is 153 Å². The van der Waals surface area contributed by atoms with Crippen LogP contribution in [-0.2, 0) is 9.53 Å². The van der Waals surface area contributed by atoms with Gasteiger partial charge in [0.05, 0.1) is 18.6 Å². The smallest absolute Gasteiger partial charge is 0.222 e. The minimum Gasteiger partial charge on any atom is -0.380 e. The molecular formula is C15H25Cl2F2N3O2. The highest BCUT2D eigenvalue weighted by atomic mass is 35.5. The van der Waals surface area contributed by atoms with Crippen molar-refractivity contribution in [2.24, 2.45) is 5.73 Å². The molecule has 0 saturated heterocycles. The Kier molecular flexibility index (Phi) is 13.0. The summed E-state index contributed by atoms with van der Waals surface area (Å²) < 4.78 is 32.8. The molecule has 0 aliphatic carbocycles. The van der Waals surface area contributed by atoms with E-state index in [1.807, 2.05) is 0 Å². The zero-order chi connectivity index (χ0) is 16.7.